The van der Waals surface area contributed by atoms with E-state index >= 15 is 0 Å². The molecule has 0 bridgehead atoms. The first-order valence-electron chi connectivity index (χ1n) is 8.21. The van der Waals surface area contributed by atoms with Crippen LogP contribution in [0.15, 0.2) is 24.3 Å². The number of thiocarbonyl (C=S) groups is 1. The van der Waals surface area contributed by atoms with E-state index in [4.69, 9.17) is 17.0 Å². The third kappa shape index (κ3) is 4.80. The Morgan fingerprint density at radius 2 is 2.04 bits per heavy atom. The molecule has 2 rings (SSSR count). The molecule has 2 N–H and O–H groups in total. The Bertz CT molecular complexity index is 784. The highest BCUT2D eigenvalue weighted by Gasteiger charge is 2.18. The fourth-order valence-electron chi connectivity index (χ4n) is 2.61. The van der Waals surface area contributed by atoms with Gasteiger partial charge in [0.15, 0.2) is 5.11 Å². The average Bonchev–Trinajstić information content (AvgIpc) is 2.98. The standard InChI is InChI=1S/C19H24N2O2S2/c1-6-14-10-16(18(22)23-5)17(25-14)21-19(24)20-13(4)15-9-11(2)7-8-12(15)3/h7-10,13H,6H2,1-5H3,(H2,20,21,24)/t13-/m1/s1. The molecule has 1 atom stereocenters. The topological polar surface area (TPSA) is 50.4 Å². The normalized spacial score (nSPS) is 11.7. The van der Waals surface area contributed by atoms with Crippen LogP contribution in [0, 0.1) is 13.8 Å². The second kappa shape index (κ2) is 8.45. The lowest BCUT2D eigenvalue weighted by Gasteiger charge is -2.19. The molecule has 0 fully saturated rings. The van der Waals surface area contributed by atoms with Crippen molar-refractivity contribution in [3.8, 4) is 0 Å². The number of nitrogens with one attached hydrogen (secondary N) is 2. The van der Waals surface area contributed by atoms with Crippen LogP contribution < -0.4 is 10.6 Å². The predicted octanol–water partition coefficient (Wildman–Crippen LogP) is 4.76. The molecule has 0 aliphatic heterocycles. The smallest absolute Gasteiger partial charge is 0.340 e. The maximum Gasteiger partial charge on any atom is 0.340 e. The summed E-state index contributed by atoms with van der Waals surface area (Å²) in [5, 5.41) is 7.66. The Morgan fingerprint density at radius 3 is 2.68 bits per heavy atom. The fourth-order valence-corrected chi connectivity index (χ4v) is 3.94. The maximum atomic E-state index is 12.0. The van der Waals surface area contributed by atoms with Crippen LogP contribution in [-0.4, -0.2) is 18.2 Å². The summed E-state index contributed by atoms with van der Waals surface area (Å²) in [7, 11) is 1.38. The van der Waals surface area contributed by atoms with Gasteiger partial charge in [0.2, 0.25) is 0 Å². The van der Waals surface area contributed by atoms with Crippen LogP contribution in [0.5, 0.6) is 0 Å². The first kappa shape index (κ1) is 19.4. The van der Waals surface area contributed by atoms with E-state index in [-0.39, 0.29) is 12.0 Å². The lowest BCUT2D eigenvalue weighted by molar-refractivity contribution is 0.0602. The molecule has 0 aliphatic carbocycles. The zero-order valence-corrected chi connectivity index (χ0v) is 16.9. The van der Waals surface area contributed by atoms with Crippen LogP contribution >= 0.6 is 23.6 Å². The second-order valence-electron chi connectivity index (χ2n) is 5.98. The lowest BCUT2D eigenvalue weighted by atomic mass is 10.0. The highest BCUT2D eigenvalue weighted by Crippen LogP contribution is 2.29. The van der Waals surface area contributed by atoms with Crippen LogP contribution in [0.1, 0.15) is 51.8 Å². The Hall–Kier alpha value is -1.92. The average molecular weight is 377 g/mol. The predicted molar refractivity (Wildman–Crippen MR) is 109 cm³/mol. The van der Waals surface area contributed by atoms with Crippen LogP contribution in [0.25, 0.3) is 0 Å². The number of hydrogen-bond donors (Lipinski definition) is 2. The van der Waals surface area contributed by atoms with Gasteiger partial charge in [0.1, 0.15) is 5.00 Å². The quantitative estimate of drug-likeness (QED) is 0.582. The van der Waals surface area contributed by atoms with Crippen LogP contribution in [0.3, 0.4) is 0 Å². The third-order valence-electron chi connectivity index (χ3n) is 4.01. The Morgan fingerprint density at radius 1 is 1.32 bits per heavy atom. The summed E-state index contributed by atoms with van der Waals surface area (Å²) < 4.78 is 4.86. The zero-order valence-electron chi connectivity index (χ0n) is 15.2. The molecule has 1 heterocycles. The number of aryl methyl sites for hydroxylation is 3. The highest BCUT2D eigenvalue weighted by atomic mass is 32.1. The zero-order chi connectivity index (χ0) is 18.6. The van der Waals surface area contributed by atoms with Gasteiger partial charge in [-0.05, 0) is 56.6 Å². The maximum absolute atomic E-state index is 12.0. The van der Waals surface area contributed by atoms with Gasteiger partial charge in [0, 0.05) is 4.88 Å². The van der Waals surface area contributed by atoms with Gasteiger partial charge in [0.25, 0.3) is 0 Å². The number of rotatable bonds is 5. The Balaban J connectivity index is 2.13. The molecule has 134 valence electrons. The number of carbonyl (C=O) groups excluding carboxylic acids is 1. The number of benzene rings is 1. The van der Waals surface area contributed by atoms with Crippen LogP contribution in [0.2, 0.25) is 0 Å². The van der Waals surface area contributed by atoms with Gasteiger partial charge in [-0.1, -0.05) is 30.7 Å². The van der Waals surface area contributed by atoms with Gasteiger partial charge < -0.3 is 15.4 Å². The molecule has 6 heteroatoms. The van der Waals surface area contributed by atoms with Crippen molar-refractivity contribution < 1.29 is 9.53 Å². The van der Waals surface area contributed by atoms with Crippen molar-refractivity contribution in [2.75, 3.05) is 12.4 Å². The summed E-state index contributed by atoms with van der Waals surface area (Å²) in [6.45, 7) is 8.29. The molecule has 0 unspecified atom stereocenters. The molecular formula is C19H24N2O2S2. The van der Waals surface area contributed by atoms with Gasteiger partial charge in [-0.15, -0.1) is 11.3 Å². The number of methoxy groups -OCH3 is 1. The molecule has 0 aliphatic rings. The summed E-state index contributed by atoms with van der Waals surface area (Å²) in [5.41, 5.74) is 4.16. The van der Waals surface area contributed by atoms with E-state index in [2.05, 4.69) is 56.5 Å². The first-order chi connectivity index (χ1) is 11.8. The third-order valence-corrected chi connectivity index (χ3v) is 5.43. The molecule has 4 nitrogen and oxygen atoms in total. The highest BCUT2D eigenvalue weighted by molar-refractivity contribution is 7.80. The second-order valence-corrected chi connectivity index (χ2v) is 7.53. The van der Waals surface area contributed by atoms with Crippen LogP contribution in [0.4, 0.5) is 5.00 Å². The number of thiophene rings is 1. The fraction of sp³-hybridized carbons (Fsp3) is 0.368. The summed E-state index contributed by atoms with van der Waals surface area (Å²) in [4.78, 5) is 13.1. The number of anilines is 1. The van der Waals surface area contributed by atoms with E-state index in [0.29, 0.717) is 10.7 Å². The number of ether oxygens (including phenoxy) is 1. The van der Waals surface area contributed by atoms with Gasteiger partial charge in [-0.2, -0.15) is 0 Å². The van der Waals surface area contributed by atoms with Crippen molar-refractivity contribution >= 4 is 39.6 Å². The van der Waals surface area contributed by atoms with Crippen molar-refractivity contribution in [3.63, 3.8) is 0 Å². The van der Waals surface area contributed by atoms with E-state index in [1.807, 2.05) is 6.07 Å². The molecular weight excluding hydrogens is 352 g/mol. The molecule has 2 aromatic rings. The molecule has 1 aromatic carbocycles. The van der Waals surface area contributed by atoms with E-state index < -0.39 is 0 Å². The SMILES string of the molecule is CCc1cc(C(=O)OC)c(NC(=S)N[C@H](C)c2cc(C)ccc2C)s1. The van der Waals surface area contributed by atoms with Gasteiger partial charge >= 0.3 is 5.97 Å². The molecule has 1 aromatic heterocycles. The number of hydrogen-bond acceptors (Lipinski definition) is 4. The van der Waals surface area contributed by atoms with E-state index in [0.717, 1.165) is 16.3 Å². The summed E-state index contributed by atoms with van der Waals surface area (Å²) >= 11 is 6.97. The van der Waals surface area contributed by atoms with Crippen molar-refractivity contribution in [3.05, 3.63) is 51.4 Å². The summed E-state index contributed by atoms with van der Waals surface area (Å²) in [5.74, 6) is -0.358. The number of esters is 1. The molecule has 0 amide bonds. The Labute approximate surface area is 158 Å². The molecule has 25 heavy (non-hydrogen) atoms. The van der Waals surface area contributed by atoms with Gasteiger partial charge in [-0.3, -0.25) is 0 Å². The lowest BCUT2D eigenvalue weighted by Crippen LogP contribution is -2.31. The molecule has 0 saturated heterocycles. The van der Waals surface area contributed by atoms with E-state index in [1.165, 1.54) is 35.1 Å². The minimum absolute atomic E-state index is 0.0621. The summed E-state index contributed by atoms with van der Waals surface area (Å²) in [6, 6.07) is 8.29. The Kier molecular flexibility index (Phi) is 6.56. The minimum atomic E-state index is -0.358. The van der Waals surface area contributed by atoms with Crippen LogP contribution in [-0.2, 0) is 11.2 Å². The first-order valence-corrected chi connectivity index (χ1v) is 9.43. The van der Waals surface area contributed by atoms with Crippen molar-refractivity contribution in [1.29, 1.82) is 0 Å². The molecule has 0 saturated carbocycles. The monoisotopic (exact) mass is 376 g/mol. The van der Waals surface area contributed by atoms with Crippen molar-refractivity contribution in [1.82, 2.24) is 5.32 Å². The number of carbonyl (C=O) groups is 1. The van der Waals surface area contributed by atoms with Gasteiger partial charge in [0.05, 0.1) is 18.7 Å². The molecule has 0 radical (unpaired) electrons. The van der Waals surface area contributed by atoms with Crippen molar-refractivity contribution in [2.45, 2.75) is 40.2 Å². The summed E-state index contributed by atoms with van der Waals surface area (Å²) in [6.07, 6.45) is 0.857. The van der Waals surface area contributed by atoms with Crippen molar-refractivity contribution in [2.24, 2.45) is 0 Å². The van der Waals surface area contributed by atoms with Gasteiger partial charge in [-0.25, -0.2) is 4.79 Å². The largest absolute Gasteiger partial charge is 0.465 e. The minimum Gasteiger partial charge on any atom is -0.465 e. The van der Waals surface area contributed by atoms with E-state index in [1.54, 1.807) is 0 Å². The molecule has 0 spiro atoms. The van der Waals surface area contributed by atoms with E-state index in [9.17, 15) is 4.79 Å².